The van der Waals surface area contributed by atoms with Gasteiger partial charge in [-0.2, -0.15) is 0 Å². The number of hydrogen-bond acceptors (Lipinski definition) is 4. The van der Waals surface area contributed by atoms with Crippen molar-refractivity contribution in [3.63, 3.8) is 0 Å². The summed E-state index contributed by atoms with van der Waals surface area (Å²) in [6.45, 7) is 9.57. The molecule has 7 heteroatoms. The Hall–Kier alpha value is -3.97. The van der Waals surface area contributed by atoms with Gasteiger partial charge in [0, 0.05) is 47.1 Å². The largest absolute Gasteiger partial charge is 0.372 e. The molecule has 2 aromatic heterocycles. The Morgan fingerprint density at radius 2 is 1.68 bits per heavy atom. The Balaban J connectivity index is 1.50. The number of aromatic nitrogens is 2. The smallest absolute Gasteiger partial charge is 0.254 e. The number of carbonyl (C=O) groups is 1. The molecule has 0 saturated carbocycles. The number of amides is 1. The average Bonchev–Trinajstić information content (AvgIpc) is 3.39. The Morgan fingerprint density at radius 3 is 2.37 bits per heavy atom. The van der Waals surface area contributed by atoms with E-state index in [1.54, 1.807) is 0 Å². The van der Waals surface area contributed by atoms with Crippen molar-refractivity contribution in [3.8, 4) is 11.1 Å². The fourth-order valence-corrected chi connectivity index (χ4v) is 5.75. The number of benzene rings is 3. The van der Waals surface area contributed by atoms with Gasteiger partial charge in [-0.05, 0) is 75.2 Å². The molecule has 6 rings (SSSR count). The number of ether oxygens (including phenoxy) is 1. The van der Waals surface area contributed by atoms with E-state index in [-0.39, 0.29) is 23.9 Å². The van der Waals surface area contributed by atoms with Gasteiger partial charge in [-0.25, -0.2) is 4.39 Å². The summed E-state index contributed by atoms with van der Waals surface area (Å²) in [5, 5.41) is 6.19. The Kier molecular flexibility index (Phi) is 6.03. The van der Waals surface area contributed by atoms with Crippen LogP contribution in [0.1, 0.15) is 41.2 Å². The van der Waals surface area contributed by atoms with Gasteiger partial charge in [0.15, 0.2) is 0 Å². The molecule has 1 aliphatic heterocycles. The summed E-state index contributed by atoms with van der Waals surface area (Å²) in [7, 11) is 0. The van der Waals surface area contributed by atoms with Gasteiger partial charge in [-0.3, -0.25) is 4.79 Å². The van der Waals surface area contributed by atoms with Gasteiger partial charge in [-0.15, -0.1) is 0 Å². The van der Waals surface area contributed by atoms with Crippen LogP contribution in [0.25, 0.3) is 32.9 Å². The van der Waals surface area contributed by atoms with Crippen molar-refractivity contribution in [3.05, 3.63) is 89.1 Å². The third-order valence-corrected chi connectivity index (χ3v) is 7.40. The number of nitrogens with zero attached hydrogens (tertiary/aromatic N) is 3. The van der Waals surface area contributed by atoms with Gasteiger partial charge < -0.3 is 18.7 Å². The normalized spacial score (nSPS) is 18.0. The van der Waals surface area contributed by atoms with Gasteiger partial charge in [0.1, 0.15) is 11.6 Å². The van der Waals surface area contributed by atoms with Crippen molar-refractivity contribution in [2.75, 3.05) is 13.1 Å². The summed E-state index contributed by atoms with van der Waals surface area (Å²) >= 11 is 0. The summed E-state index contributed by atoms with van der Waals surface area (Å²) in [6, 6.07) is 18.9. The minimum atomic E-state index is -0.258. The molecule has 2 atom stereocenters. The van der Waals surface area contributed by atoms with E-state index in [1.165, 1.54) is 12.1 Å². The third-order valence-electron chi connectivity index (χ3n) is 7.40. The fourth-order valence-electron chi connectivity index (χ4n) is 5.75. The van der Waals surface area contributed by atoms with Gasteiger partial charge in [0.05, 0.1) is 23.4 Å². The van der Waals surface area contributed by atoms with E-state index >= 15 is 0 Å². The van der Waals surface area contributed by atoms with E-state index in [0.29, 0.717) is 25.2 Å². The number of rotatable bonds is 4. The molecule has 1 fully saturated rings. The first-order valence-electron chi connectivity index (χ1n) is 13.0. The van der Waals surface area contributed by atoms with Gasteiger partial charge in [0.25, 0.3) is 5.91 Å². The summed E-state index contributed by atoms with van der Waals surface area (Å²) < 4.78 is 27.1. The first kappa shape index (κ1) is 24.4. The SMILES string of the molecule is Cc1noc(C)c1-c1ccc2c3cc(C(=O)N4C[C@@H](C)O[C@@H](C)C4)ccc3n(Cc3ccc(F)cc3)c2c1. The molecule has 1 saturated heterocycles. The van der Waals surface area contributed by atoms with E-state index in [1.807, 2.05) is 62.9 Å². The average molecular weight is 512 g/mol. The topological polar surface area (TPSA) is 60.5 Å². The molecule has 1 aliphatic rings. The second kappa shape index (κ2) is 9.40. The molecule has 0 spiro atoms. The number of fused-ring (bicyclic) bond motifs is 3. The molecule has 0 aliphatic carbocycles. The molecular formula is C31H30FN3O3. The number of carbonyl (C=O) groups excluding carboxylic acids is 1. The van der Waals surface area contributed by atoms with E-state index in [0.717, 1.165) is 50.0 Å². The lowest BCUT2D eigenvalue weighted by molar-refractivity contribution is -0.0586. The van der Waals surface area contributed by atoms with Crippen molar-refractivity contribution >= 4 is 27.7 Å². The number of morpholine rings is 1. The predicted octanol–water partition coefficient (Wildman–Crippen LogP) is 6.50. The van der Waals surface area contributed by atoms with Crippen LogP contribution in [-0.4, -0.2) is 45.8 Å². The van der Waals surface area contributed by atoms with Crippen LogP contribution < -0.4 is 0 Å². The minimum Gasteiger partial charge on any atom is -0.372 e. The lowest BCUT2D eigenvalue weighted by atomic mass is 10.0. The maximum atomic E-state index is 13.6. The molecule has 5 aromatic rings. The van der Waals surface area contributed by atoms with Gasteiger partial charge in [-0.1, -0.05) is 29.4 Å². The lowest BCUT2D eigenvalue weighted by Gasteiger charge is -2.35. The molecule has 0 bridgehead atoms. The third kappa shape index (κ3) is 4.27. The van der Waals surface area contributed by atoms with Crippen molar-refractivity contribution in [1.82, 2.24) is 14.6 Å². The summed E-state index contributed by atoms with van der Waals surface area (Å²) in [4.78, 5) is 15.4. The number of halogens is 1. The van der Waals surface area contributed by atoms with Crippen LogP contribution in [-0.2, 0) is 11.3 Å². The summed E-state index contributed by atoms with van der Waals surface area (Å²) in [5.41, 5.74) is 6.53. The molecule has 0 unspecified atom stereocenters. The van der Waals surface area contributed by atoms with E-state index in [2.05, 4.69) is 27.9 Å². The molecule has 3 heterocycles. The fraction of sp³-hybridized carbons (Fsp3) is 0.290. The summed E-state index contributed by atoms with van der Waals surface area (Å²) in [5.74, 6) is 0.525. The van der Waals surface area contributed by atoms with E-state index in [9.17, 15) is 9.18 Å². The zero-order valence-electron chi connectivity index (χ0n) is 22.0. The van der Waals surface area contributed by atoms with Crippen molar-refractivity contribution in [2.45, 2.75) is 46.4 Å². The lowest BCUT2D eigenvalue weighted by Crippen LogP contribution is -2.48. The predicted molar refractivity (Wildman–Crippen MR) is 146 cm³/mol. The Morgan fingerprint density at radius 1 is 0.947 bits per heavy atom. The van der Waals surface area contributed by atoms with Crippen molar-refractivity contribution in [1.29, 1.82) is 0 Å². The highest BCUT2D eigenvalue weighted by Gasteiger charge is 2.27. The van der Waals surface area contributed by atoms with Crippen molar-refractivity contribution < 1.29 is 18.4 Å². The minimum absolute atomic E-state index is 0.00630. The second-order valence-electron chi connectivity index (χ2n) is 10.3. The van der Waals surface area contributed by atoms with Crippen LogP contribution in [0.5, 0.6) is 0 Å². The Labute approximate surface area is 220 Å². The maximum Gasteiger partial charge on any atom is 0.254 e. The van der Waals surface area contributed by atoms with E-state index < -0.39 is 0 Å². The molecule has 0 N–H and O–H groups in total. The van der Waals surface area contributed by atoms with Gasteiger partial charge in [0.2, 0.25) is 0 Å². The van der Waals surface area contributed by atoms with Gasteiger partial charge >= 0.3 is 0 Å². The second-order valence-corrected chi connectivity index (χ2v) is 10.3. The van der Waals surface area contributed by atoms with Crippen LogP contribution in [0.4, 0.5) is 4.39 Å². The highest BCUT2D eigenvalue weighted by Crippen LogP contribution is 2.36. The molecule has 0 radical (unpaired) electrons. The first-order chi connectivity index (χ1) is 18.3. The van der Waals surface area contributed by atoms with Crippen LogP contribution in [0, 0.1) is 19.7 Å². The molecular weight excluding hydrogens is 481 g/mol. The van der Waals surface area contributed by atoms with Crippen LogP contribution in [0.15, 0.2) is 65.2 Å². The quantitative estimate of drug-likeness (QED) is 0.276. The van der Waals surface area contributed by atoms with Crippen molar-refractivity contribution in [2.24, 2.45) is 0 Å². The van der Waals surface area contributed by atoms with Crippen LogP contribution in [0.2, 0.25) is 0 Å². The summed E-state index contributed by atoms with van der Waals surface area (Å²) in [6.07, 6.45) is 0.0126. The van der Waals surface area contributed by atoms with E-state index in [4.69, 9.17) is 9.26 Å². The number of hydrogen-bond donors (Lipinski definition) is 0. The number of aryl methyl sites for hydroxylation is 2. The van der Waals surface area contributed by atoms with Crippen LogP contribution in [0.3, 0.4) is 0 Å². The zero-order valence-corrected chi connectivity index (χ0v) is 22.0. The molecule has 3 aromatic carbocycles. The highest BCUT2D eigenvalue weighted by atomic mass is 19.1. The molecule has 38 heavy (non-hydrogen) atoms. The highest BCUT2D eigenvalue weighted by molar-refractivity contribution is 6.11. The Bertz CT molecular complexity index is 1640. The zero-order chi connectivity index (χ0) is 26.6. The molecule has 1 amide bonds. The molecule has 6 nitrogen and oxygen atoms in total. The molecule has 194 valence electrons. The van der Waals surface area contributed by atoms with Crippen LogP contribution >= 0.6 is 0 Å². The first-order valence-corrected chi connectivity index (χ1v) is 13.0. The maximum absolute atomic E-state index is 13.6. The monoisotopic (exact) mass is 511 g/mol. The standard InChI is InChI=1S/C31H30FN3O3/c1-18-15-34(16-19(2)37-18)31(36)24-8-12-28-27(13-24)26-11-7-23(30-20(3)33-38-21(30)4)14-29(26)35(28)17-22-5-9-25(32)10-6-22/h5-14,18-19H,15-17H2,1-4H3/t18-,19+.